The van der Waals surface area contributed by atoms with Crippen LogP contribution < -0.4 is 15.5 Å². The predicted octanol–water partition coefficient (Wildman–Crippen LogP) is 3.07. The topological polar surface area (TPSA) is 128 Å². The van der Waals surface area contributed by atoms with E-state index in [1.165, 1.54) is 0 Å². The highest BCUT2D eigenvalue weighted by Gasteiger charge is 2.45. The highest BCUT2D eigenvalue weighted by Crippen LogP contribution is 2.32. The van der Waals surface area contributed by atoms with Crippen molar-refractivity contribution in [3.05, 3.63) is 29.3 Å². The van der Waals surface area contributed by atoms with Crippen LogP contribution in [-0.4, -0.2) is 89.9 Å². The van der Waals surface area contributed by atoms with Gasteiger partial charge >= 0.3 is 6.09 Å². The number of nitrogens with zero attached hydrogens (tertiary/aromatic N) is 3. The van der Waals surface area contributed by atoms with Gasteiger partial charge in [-0.15, -0.1) is 0 Å². The molecule has 1 unspecified atom stereocenters. The van der Waals surface area contributed by atoms with Crippen molar-refractivity contribution in [2.45, 2.75) is 95.9 Å². The van der Waals surface area contributed by atoms with Gasteiger partial charge in [0.05, 0.1) is 11.1 Å². The molecule has 1 aromatic carbocycles. The number of carbonyl (C=O) groups is 5. The molecule has 1 aliphatic carbocycles. The maximum atomic E-state index is 13.2. The molecular weight excluding hydrogens is 538 g/mol. The second-order valence-electron chi connectivity index (χ2n) is 13.2. The molecule has 0 radical (unpaired) electrons. The van der Waals surface area contributed by atoms with E-state index in [2.05, 4.69) is 27.5 Å². The Balaban J connectivity index is 1.10. The van der Waals surface area contributed by atoms with Crippen molar-refractivity contribution in [2.75, 3.05) is 31.6 Å². The van der Waals surface area contributed by atoms with E-state index >= 15 is 0 Å². The van der Waals surface area contributed by atoms with Crippen LogP contribution in [0.3, 0.4) is 0 Å². The fourth-order valence-electron chi connectivity index (χ4n) is 6.74. The van der Waals surface area contributed by atoms with E-state index in [9.17, 15) is 24.0 Å². The maximum Gasteiger partial charge on any atom is 0.407 e. The normalized spacial score (nSPS) is 25.5. The minimum absolute atomic E-state index is 0.102. The Morgan fingerprint density at radius 1 is 0.976 bits per heavy atom. The van der Waals surface area contributed by atoms with Gasteiger partial charge in [-0.2, -0.15) is 0 Å². The lowest BCUT2D eigenvalue weighted by molar-refractivity contribution is -0.136. The third kappa shape index (κ3) is 6.61. The molecule has 2 N–H and O–H groups in total. The second-order valence-corrected chi connectivity index (χ2v) is 13.2. The number of rotatable bonds is 6. The van der Waals surface area contributed by atoms with E-state index < -0.39 is 29.4 Å². The Labute approximate surface area is 247 Å². The SMILES string of the molecule is CN(CC1CCC(NC(=O)OC(C)(C)C)CC1)C1CCN(c2ccc3c(c2)C(=O)N(C2CCC(=O)NC2=O)C3=O)CC1. The number of hydrogen-bond acceptors (Lipinski definition) is 8. The first-order chi connectivity index (χ1) is 19.9. The molecule has 228 valence electrons. The number of fused-ring (bicyclic) bond motifs is 1. The quantitative estimate of drug-likeness (QED) is 0.491. The average Bonchev–Trinajstić information content (AvgIpc) is 3.18. The smallest absolute Gasteiger partial charge is 0.407 e. The van der Waals surface area contributed by atoms with E-state index in [-0.39, 0.29) is 30.9 Å². The van der Waals surface area contributed by atoms with Crippen molar-refractivity contribution >= 4 is 35.4 Å². The minimum atomic E-state index is -0.957. The largest absolute Gasteiger partial charge is 0.444 e. The number of nitrogens with one attached hydrogen (secondary N) is 2. The average molecular weight is 582 g/mol. The molecular formula is C31H43N5O6. The lowest BCUT2D eigenvalue weighted by Gasteiger charge is -2.40. The third-order valence-corrected chi connectivity index (χ3v) is 8.99. The molecule has 0 aromatic heterocycles. The standard InChI is InChI=1S/C31H43N5O6/c1-31(2,3)42-30(41)32-20-7-5-19(6-8-20)18-34(4)21-13-15-35(16-14-21)22-9-10-23-24(17-22)29(40)36(28(23)39)25-11-12-26(37)33-27(25)38/h9-10,17,19-21,25H,5-8,11-16,18H2,1-4H3,(H,32,41)(H,33,37,38). The molecule has 5 rings (SSSR count). The van der Waals surface area contributed by atoms with E-state index in [4.69, 9.17) is 4.74 Å². The van der Waals surface area contributed by atoms with E-state index in [1.807, 2.05) is 26.8 Å². The molecule has 1 saturated carbocycles. The molecule has 2 saturated heterocycles. The molecule has 11 nitrogen and oxygen atoms in total. The Hall–Kier alpha value is -3.47. The lowest BCUT2D eigenvalue weighted by Crippen LogP contribution is -2.54. The molecule has 11 heteroatoms. The van der Waals surface area contributed by atoms with Crippen molar-refractivity contribution in [3.63, 3.8) is 0 Å². The Kier molecular flexibility index (Phi) is 8.59. The van der Waals surface area contributed by atoms with Crippen LogP contribution in [0.2, 0.25) is 0 Å². The zero-order valence-electron chi connectivity index (χ0n) is 25.1. The molecule has 0 bridgehead atoms. The van der Waals surface area contributed by atoms with E-state index in [0.29, 0.717) is 23.1 Å². The number of imide groups is 2. The van der Waals surface area contributed by atoms with Gasteiger partial charge in [0.25, 0.3) is 11.8 Å². The van der Waals surface area contributed by atoms with Crippen molar-refractivity contribution in [1.29, 1.82) is 0 Å². The Morgan fingerprint density at radius 3 is 2.29 bits per heavy atom. The second kappa shape index (κ2) is 12.0. The number of piperidine rings is 2. The fourth-order valence-corrected chi connectivity index (χ4v) is 6.74. The van der Waals surface area contributed by atoms with Crippen molar-refractivity contribution in [2.24, 2.45) is 5.92 Å². The minimum Gasteiger partial charge on any atom is -0.444 e. The highest BCUT2D eigenvalue weighted by atomic mass is 16.6. The van der Waals surface area contributed by atoms with Crippen molar-refractivity contribution < 1.29 is 28.7 Å². The van der Waals surface area contributed by atoms with Crippen LogP contribution in [0.4, 0.5) is 10.5 Å². The van der Waals surface area contributed by atoms with Gasteiger partial charge in [0.15, 0.2) is 0 Å². The number of anilines is 1. The molecule has 3 aliphatic heterocycles. The van der Waals surface area contributed by atoms with Gasteiger partial charge in [-0.1, -0.05) is 0 Å². The molecule has 0 spiro atoms. The summed E-state index contributed by atoms with van der Waals surface area (Å²) in [5.74, 6) is -1.33. The number of amides is 5. The third-order valence-electron chi connectivity index (χ3n) is 8.99. The number of carbonyl (C=O) groups excluding carboxylic acids is 5. The monoisotopic (exact) mass is 581 g/mol. The summed E-state index contributed by atoms with van der Waals surface area (Å²) in [7, 11) is 2.20. The summed E-state index contributed by atoms with van der Waals surface area (Å²) in [6.45, 7) is 8.35. The summed E-state index contributed by atoms with van der Waals surface area (Å²) in [5.41, 5.74) is 1.03. The van der Waals surface area contributed by atoms with E-state index in [0.717, 1.165) is 68.7 Å². The predicted molar refractivity (Wildman–Crippen MR) is 156 cm³/mol. The van der Waals surface area contributed by atoms with Gasteiger partial charge in [0.1, 0.15) is 11.6 Å². The first kappa shape index (κ1) is 30.0. The first-order valence-corrected chi connectivity index (χ1v) is 15.2. The summed E-state index contributed by atoms with van der Waals surface area (Å²) in [5, 5.41) is 5.26. The van der Waals surface area contributed by atoms with E-state index in [1.54, 1.807) is 12.1 Å². The summed E-state index contributed by atoms with van der Waals surface area (Å²) in [6, 6.07) is 5.03. The molecule has 3 fully saturated rings. The summed E-state index contributed by atoms with van der Waals surface area (Å²) >= 11 is 0. The maximum absolute atomic E-state index is 13.2. The van der Waals surface area contributed by atoms with Gasteiger partial charge < -0.3 is 19.9 Å². The van der Waals surface area contributed by atoms with Gasteiger partial charge in [-0.3, -0.25) is 29.4 Å². The molecule has 1 aromatic rings. The van der Waals surface area contributed by atoms with Gasteiger partial charge in [0.2, 0.25) is 11.8 Å². The van der Waals surface area contributed by atoms with Crippen LogP contribution in [0.5, 0.6) is 0 Å². The van der Waals surface area contributed by atoms with Crippen LogP contribution in [0.15, 0.2) is 18.2 Å². The fraction of sp³-hybridized carbons (Fsp3) is 0.645. The van der Waals surface area contributed by atoms with Crippen LogP contribution in [0.1, 0.15) is 92.9 Å². The first-order valence-electron chi connectivity index (χ1n) is 15.2. The number of alkyl carbamates (subject to hydrolysis) is 1. The molecule has 4 aliphatic rings. The van der Waals surface area contributed by atoms with Gasteiger partial charge in [0, 0.05) is 43.8 Å². The van der Waals surface area contributed by atoms with Gasteiger partial charge in [-0.25, -0.2) is 4.79 Å². The zero-order valence-corrected chi connectivity index (χ0v) is 25.1. The summed E-state index contributed by atoms with van der Waals surface area (Å²) in [4.78, 5) is 68.0. The van der Waals surface area contributed by atoms with Crippen molar-refractivity contribution in [1.82, 2.24) is 20.4 Å². The number of benzene rings is 1. The number of hydrogen-bond donors (Lipinski definition) is 2. The van der Waals surface area contributed by atoms with Crippen LogP contribution in [-0.2, 0) is 14.3 Å². The molecule has 5 amide bonds. The Morgan fingerprint density at radius 2 is 1.64 bits per heavy atom. The molecule has 3 heterocycles. The highest BCUT2D eigenvalue weighted by molar-refractivity contribution is 6.23. The molecule has 1 atom stereocenters. The van der Waals surface area contributed by atoms with Crippen LogP contribution in [0.25, 0.3) is 0 Å². The van der Waals surface area contributed by atoms with Crippen LogP contribution >= 0.6 is 0 Å². The summed E-state index contributed by atoms with van der Waals surface area (Å²) in [6.07, 6.45) is 6.02. The van der Waals surface area contributed by atoms with Crippen molar-refractivity contribution in [3.8, 4) is 0 Å². The zero-order chi connectivity index (χ0) is 30.2. The van der Waals surface area contributed by atoms with Crippen LogP contribution in [0, 0.1) is 5.92 Å². The van der Waals surface area contributed by atoms with Gasteiger partial charge in [-0.05, 0) is 96.9 Å². The summed E-state index contributed by atoms with van der Waals surface area (Å²) < 4.78 is 5.40. The lowest BCUT2D eigenvalue weighted by atomic mass is 9.85. The number of ether oxygens (including phenoxy) is 1. The molecule has 42 heavy (non-hydrogen) atoms. The Bertz CT molecular complexity index is 1240.